The molecule has 2 aliphatic heterocycles. The number of hydrogen-bond donors (Lipinski definition) is 1. The average molecular weight is 497 g/mol. The molecular weight excluding hydrogens is 464 g/mol. The van der Waals surface area contributed by atoms with Gasteiger partial charge in [0.15, 0.2) is 17.3 Å². The monoisotopic (exact) mass is 496 g/mol. The fourth-order valence-corrected chi connectivity index (χ4v) is 4.81. The van der Waals surface area contributed by atoms with Crippen molar-refractivity contribution in [3.63, 3.8) is 0 Å². The molecule has 9 nitrogen and oxygen atoms in total. The molecule has 36 heavy (non-hydrogen) atoms. The number of nitrogens with one attached hydrogen (secondary N) is 1. The van der Waals surface area contributed by atoms with Crippen molar-refractivity contribution >= 4 is 17.6 Å². The highest BCUT2D eigenvalue weighted by atomic mass is 16.5. The number of carbonyl (C=O) groups excluding carboxylic acids is 3. The lowest BCUT2D eigenvalue weighted by atomic mass is 9.81. The van der Waals surface area contributed by atoms with Gasteiger partial charge in [0, 0.05) is 31.5 Å². The molecule has 2 aromatic carbocycles. The zero-order valence-corrected chi connectivity index (χ0v) is 21.4. The second kappa shape index (κ2) is 10.1. The normalized spacial score (nSPS) is 16.1. The Kier molecular flexibility index (Phi) is 7.10. The molecule has 192 valence electrons. The van der Waals surface area contributed by atoms with Gasteiger partial charge in [-0.3, -0.25) is 14.4 Å². The van der Waals surface area contributed by atoms with Crippen LogP contribution in [0.2, 0.25) is 0 Å². The van der Waals surface area contributed by atoms with Crippen molar-refractivity contribution in [3.05, 3.63) is 46.5 Å². The van der Waals surface area contributed by atoms with Gasteiger partial charge in [-0.25, -0.2) is 0 Å². The lowest BCUT2D eigenvalue weighted by Gasteiger charge is -2.44. The molecule has 0 unspecified atom stereocenters. The van der Waals surface area contributed by atoms with Gasteiger partial charge < -0.3 is 29.2 Å². The van der Waals surface area contributed by atoms with Crippen LogP contribution in [-0.2, 0) is 4.79 Å². The van der Waals surface area contributed by atoms with Crippen molar-refractivity contribution in [1.29, 1.82) is 0 Å². The summed E-state index contributed by atoms with van der Waals surface area (Å²) >= 11 is 0. The van der Waals surface area contributed by atoms with E-state index in [0.717, 1.165) is 11.1 Å². The smallest absolute Gasteiger partial charge is 0.251 e. The number of fused-ring (bicyclic) bond motifs is 1. The zero-order valence-electron chi connectivity index (χ0n) is 21.4. The highest BCUT2D eigenvalue weighted by molar-refractivity contribution is 6.01. The van der Waals surface area contributed by atoms with Gasteiger partial charge in [-0.2, -0.15) is 0 Å². The summed E-state index contributed by atoms with van der Waals surface area (Å²) in [6, 6.07) is 6.85. The van der Waals surface area contributed by atoms with Crippen LogP contribution >= 0.6 is 0 Å². The molecule has 1 spiro atoms. The Balaban J connectivity index is 1.37. The summed E-state index contributed by atoms with van der Waals surface area (Å²) in [5, 5.41) is 2.67. The van der Waals surface area contributed by atoms with E-state index >= 15 is 0 Å². The summed E-state index contributed by atoms with van der Waals surface area (Å²) < 4.78 is 22.3. The van der Waals surface area contributed by atoms with Crippen molar-refractivity contribution in [3.8, 4) is 23.0 Å². The van der Waals surface area contributed by atoms with Crippen LogP contribution in [0.1, 0.15) is 51.1 Å². The minimum absolute atomic E-state index is 0.0803. The molecule has 0 saturated carbocycles. The SMILES string of the molecule is COc1cc(C(=O)NCC(=O)N2CCC3(CC2)CC(=O)c2ccc(C)c(C)c2O3)cc(OC)c1OC. The molecule has 1 fully saturated rings. The van der Waals surface area contributed by atoms with Gasteiger partial charge >= 0.3 is 0 Å². The Morgan fingerprint density at radius 2 is 1.67 bits per heavy atom. The minimum atomic E-state index is -0.598. The Morgan fingerprint density at radius 1 is 1.03 bits per heavy atom. The maximum absolute atomic E-state index is 12.8. The van der Waals surface area contributed by atoms with Gasteiger partial charge in [-0.15, -0.1) is 0 Å². The van der Waals surface area contributed by atoms with Gasteiger partial charge in [0.2, 0.25) is 11.7 Å². The summed E-state index contributed by atoms with van der Waals surface area (Å²) in [6.07, 6.45) is 1.42. The summed E-state index contributed by atoms with van der Waals surface area (Å²) in [5.74, 6) is 1.21. The lowest BCUT2D eigenvalue weighted by molar-refractivity contribution is -0.133. The average Bonchev–Trinajstić information content (AvgIpc) is 2.88. The van der Waals surface area contributed by atoms with Crippen LogP contribution in [0, 0.1) is 13.8 Å². The predicted octanol–water partition coefficient (Wildman–Crippen LogP) is 3.09. The van der Waals surface area contributed by atoms with E-state index in [9.17, 15) is 14.4 Å². The number of methoxy groups -OCH3 is 3. The third-order valence-electron chi connectivity index (χ3n) is 7.13. The number of benzene rings is 2. The summed E-state index contributed by atoms with van der Waals surface area (Å²) in [7, 11) is 4.42. The Bertz CT molecular complexity index is 1170. The fraction of sp³-hybridized carbons (Fsp3) is 0.444. The van der Waals surface area contributed by atoms with E-state index in [2.05, 4.69) is 5.32 Å². The van der Waals surface area contributed by atoms with Gasteiger partial charge in [0.1, 0.15) is 11.4 Å². The number of likely N-dealkylation sites (tertiary alicyclic amines) is 1. The van der Waals surface area contributed by atoms with E-state index in [0.29, 0.717) is 60.9 Å². The van der Waals surface area contributed by atoms with E-state index < -0.39 is 11.5 Å². The first-order valence-electron chi connectivity index (χ1n) is 11.9. The molecule has 0 aliphatic carbocycles. The van der Waals surface area contributed by atoms with Crippen LogP contribution < -0.4 is 24.3 Å². The summed E-state index contributed by atoms with van der Waals surface area (Å²) in [4.78, 5) is 40.1. The molecule has 2 aromatic rings. The number of piperidine rings is 1. The van der Waals surface area contributed by atoms with Crippen molar-refractivity contribution < 1.29 is 33.3 Å². The topological polar surface area (TPSA) is 103 Å². The number of ketones is 1. The second-order valence-corrected chi connectivity index (χ2v) is 9.25. The van der Waals surface area contributed by atoms with Crippen LogP contribution in [0.15, 0.2) is 24.3 Å². The minimum Gasteiger partial charge on any atom is -0.493 e. The van der Waals surface area contributed by atoms with Crippen molar-refractivity contribution in [2.45, 2.75) is 38.7 Å². The van der Waals surface area contributed by atoms with E-state index in [1.807, 2.05) is 26.0 Å². The lowest BCUT2D eigenvalue weighted by Crippen LogP contribution is -2.53. The predicted molar refractivity (Wildman–Crippen MR) is 132 cm³/mol. The highest BCUT2D eigenvalue weighted by Crippen LogP contribution is 2.42. The number of rotatable bonds is 6. The summed E-state index contributed by atoms with van der Waals surface area (Å²) in [5.41, 5.74) is 2.38. The molecule has 0 radical (unpaired) electrons. The van der Waals surface area contributed by atoms with Crippen molar-refractivity contribution in [2.75, 3.05) is 41.0 Å². The van der Waals surface area contributed by atoms with Gasteiger partial charge in [-0.1, -0.05) is 6.07 Å². The van der Waals surface area contributed by atoms with E-state index in [-0.39, 0.29) is 23.8 Å². The number of aryl methyl sites for hydroxylation is 1. The van der Waals surface area contributed by atoms with E-state index in [1.54, 1.807) is 4.90 Å². The molecule has 0 bridgehead atoms. The number of nitrogens with zero attached hydrogens (tertiary/aromatic N) is 1. The quantitative estimate of drug-likeness (QED) is 0.656. The molecule has 2 amide bonds. The first-order chi connectivity index (χ1) is 17.2. The van der Waals surface area contributed by atoms with Crippen LogP contribution in [0.5, 0.6) is 23.0 Å². The number of ether oxygens (including phenoxy) is 4. The zero-order chi connectivity index (χ0) is 26.0. The van der Waals surface area contributed by atoms with Crippen LogP contribution in [0.25, 0.3) is 0 Å². The molecule has 0 atom stereocenters. The van der Waals surface area contributed by atoms with Crippen molar-refractivity contribution in [2.24, 2.45) is 0 Å². The van der Waals surface area contributed by atoms with Crippen LogP contribution in [0.4, 0.5) is 0 Å². The number of Topliss-reactive ketones (excluding diaryl/α,β-unsaturated/α-hetero) is 1. The van der Waals surface area contributed by atoms with E-state index in [4.69, 9.17) is 18.9 Å². The largest absolute Gasteiger partial charge is 0.493 e. The van der Waals surface area contributed by atoms with Crippen LogP contribution in [-0.4, -0.2) is 69.1 Å². The first-order valence-corrected chi connectivity index (χ1v) is 11.9. The summed E-state index contributed by atoms with van der Waals surface area (Å²) in [6.45, 7) is 4.72. The molecule has 1 N–H and O–H groups in total. The number of hydrogen-bond acceptors (Lipinski definition) is 7. The van der Waals surface area contributed by atoms with Crippen LogP contribution in [0.3, 0.4) is 0 Å². The maximum Gasteiger partial charge on any atom is 0.251 e. The Morgan fingerprint density at radius 3 is 2.25 bits per heavy atom. The second-order valence-electron chi connectivity index (χ2n) is 9.25. The van der Waals surface area contributed by atoms with E-state index in [1.165, 1.54) is 33.5 Å². The van der Waals surface area contributed by atoms with Gasteiger partial charge in [0.05, 0.1) is 39.9 Å². The fourth-order valence-electron chi connectivity index (χ4n) is 4.81. The molecule has 9 heteroatoms. The number of amides is 2. The third kappa shape index (κ3) is 4.69. The third-order valence-corrected chi connectivity index (χ3v) is 7.13. The molecular formula is C27H32N2O7. The number of carbonyl (C=O) groups is 3. The molecule has 1 saturated heterocycles. The molecule has 4 rings (SSSR count). The van der Waals surface area contributed by atoms with Gasteiger partial charge in [0.25, 0.3) is 5.91 Å². The highest BCUT2D eigenvalue weighted by Gasteiger charge is 2.44. The Hall–Kier alpha value is -3.75. The molecule has 2 aliphatic rings. The molecule has 0 aromatic heterocycles. The van der Waals surface area contributed by atoms with Gasteiger partial charge in [-0.05, 0) is 43.2 Å². The molecule has 2 heterocycles. The standard InChI is InChI=1S/C27H32N2O7/c1-16-6-7-19-20(30)14-27(36-24(19)17(16)2)8-10-29(11-9-27)23(31)15-28-26(32)18-12-21(33-3)25(35-5)22(13-18)34-4/h6-7,12-13H,8-11,14-15H2,1-5H3,(H,28,32). The maximum atomic E-state index is 12.8. The Labute approximate surface area is 210 Å². The van der Waals surface area contributed by atoms with Crippen molar-refractivity contribution in [1.82, 2.24) is 10.2 Å². The first kappa shape index (κ1) is 25.3.